The van der Waals surface area contributed by atoms with E-state index in [0.717, 1.165) is 38.2 Å². The summed E-state index contributed by atoms with van der Waals surface area (Å²) in [4.78, 5) is 7.77. The van der Waals surface area contributed by atoms with Gasteiger partial charge < -0.3 is 10.6 Å². The summed E-state index contributed by atoms with van der Waals surface area (Å²) in [7, 11) is 0. The molecular formula is C18H20F4N4. The summed E-state index contributed by atoms with van der Waals surface area (Å²) in [5, 5.41) is 5.78. The largest absolute Gasteiger partial charge is 0.433 e. The quantitative estimate of drug-likeness (QED) is 0.707. The molecule has 2 N–H and O–H groups in total. The number of alkyl halides is 3. The Morgan fingerprint density at radius 1 is 1.08 bits per heavy atom. The molecule has 26 heavy (non-hydrogen) atoms. The van der Waals surface area contributed by atoms with Crippen molar-refractivity contribution in [2.24, 2.45) is 0 Å². The van der Waals surface area contributed by atoms with E-state index in [1.54, 1.807) is 13.0 Å². The van der Waals surface area contributed by atoms with E-state index in [1.165, 1.54) is 12.1 Å². The Morgan fingerprint density at radius 2 is 1.81 bits per heavy atom. The van der Waals surface area contributed by atoms with E-state index in [9.17, 15) is 17.6 Å². The van der Waals surface area contributed by atoms with Crippen molar-refractivity contribution in [1.82, 2.24) is 9.97 Å². The first kappa shape index (κ1) is 18.4. The van der Waals surface area contributed by atoms with Gasteiger partial charge in [-0.2, -0.15) is 18.2 Å². The summed E-state index contributed by atoms with van der Waals surface area (Å²) < 4.78 is 53.3. The Bertz CT molecular complexity index is 770. The van der Waals surface area contributed by atoms with Crippen molar-refractivity contribution in [3.63, 3.8) is 0 Å². The zero-order valence-corrected chi connectivity index (χ0v) is 14.3. The summed E-state index contributed by atoms with van der Waals surface area (Å²) in [6.07, 6.45) is 0.359. The first-order valence-corrected chi connectivity index (χ1v) is 8.58. The van der Waals surface area contributed by atoms with Crippen LogP contribution < -0.4 is 10.6 Å². The summed E-state index contributed by atoms with van der Waals surface area (Å²) in [5.74, 6) is -0.539. The van der Waals surface area contributed by atoms with Crippen LogP contribution in [0.4, 0.5) is 35.0 Å². The van der Waals surface area contributed by atoms with E-state index in [0.29, 0.717) is 11.3 Å². The Morgan fingerprint density at radius 3 is 2.50 bits per heavy atom. The number of aromatic nitrogens is 2. The molecule has 1 heterocycles. The van der Waals surface area contributed by atoms with E-state index >= 15 is 0 Å². The summed E-state index contributed by atoms with van der Waals surface area (Å²) >= 11 is 0. The molecule has 0 aliphatic heterocycles. The molecule has 0 saturated heterocycles. The van der Waals surface area contributed by atoms with Crippen molar-refractivity contribution >= 4 is 17.5 Å². The van der Waals surface area contributed by atoms with Gasteiger partial charge in [-0.1, -0.05) is 25.3 Å². The van der Waals surface area contributed by atoms with Crippen LogP contribution in [0, 0.1) is 12.7 Å². The maximum absolute atomic E-state index is 13.7. The molecule has 0 amide bonds. The van der Waals surface area contributed by atoms with Gasteiger partial charge in [0.05, 0.1) is 0 Å². The standard InChI is InChI=1S/C18H20F4N4/c1-11-13(19)8-5-9-14(11)24-16-10-15(18(20,21)22)25-17(26-16)23-12-6-3-2-4-7-12/h5,8-10,12H,2-4,6-7H2,1H3,(H2,23,24,25,26). The maximum atomic E-state index is 13.7. The van der Waals surface area contributed by atoms with Gasteiger partial charge in [0.25, 0.3) is 0 Å². The minimum atomic E-state index is -4.60. The monoisotopic (exact) mass is 368 g/mol. The average Bonchev–Trinajstić information content (AvgIpc) is 2.59. The highest BCUT2D eigenvalue weighted by atomic mass is 19.4. The lowest BCUT2D eigenvalue weighted by atomic mass is 9.96. The van der Waals surface area contributed by atoms with Gasteiger partial charge in [0, 0.05) is 23.4 Å². The lowest BCUT2D eigenvalue weighted by Gasteiger charge is -2.23. The van der Waals surface area contributed by atoms with E-state index in [4.69, 9.17) is 0 Å². The number of benzene rings is 1. The molecule has 0 spiro atoms. The fourth-order valence-corrected chi connectivity index (χ4v) is 3.03. The third-order valence-electron chi connectivity index (χ3n) is 4.49. The van der Waals surface area contributed by atoms with Crippen LogP contribution >= 0.6 is 0 Å². The van der Waals surface area contributed by atoms with Crippen molar-refractivity contribution < 1.29 is 17.6 Å². The average molecular weight is 368 g/mol. The molecule has 140 valence electrons. The molecule has 3 rings (SSSR count). The zero-order chi connectivity index (χ0) is 18.7. The van der Waals surface area contributed by atoms with Gasteiger partial charge >= 0.3 is 6.18 Å². The highest BCUT2D eigenvalue weighted by Gasteiger charge is 2.34. The summed E-state index contributed by atoms with van der Waals surface area (Å²) in [6.45, 7) is 1.55. The van der Waals surface area contributed by atoms with Crippen LogP contribution in [0.1, 0.15) is 43.4 Å². The Labute approximate surface area is 149 Å². The van der Waals surface area contributed by atoms with Crippen LogP contribution in [0.3, 0.4) is 0 Å². The first-order chi connectivity index (χ1) is 12.3. The highest BCUT2D eigenvalue weighted by molar-refractivity contribution is 5.61. The zero-order valence-electron chi connectivity index (χ0n) is 14.3. The Kier molecular flexibility index (Phi) is 5.29. The number of rotatable bonds is 4. The third-order valence-corrected chi connectivity index (χ3v) is 4.49. The second-order valence-corrected chi connectivity index (χ2v) is 6.48. The lowest BCUT2D eigenvalue weighted by Crippen LogP contribution is -2.24. The second kappa shape index (κ2) is 7.47. The van der Waals surface area contributed by atoms with Crippen molar-refractivity contribution in [1.29, 1.82) is 0 Å². The van der Waals surface area contributed by atoms with Gasteiger partial charge in [-0.15, -0.1) is 0 Å². The summed E-state index contributed by atoms with van der Waals surface area (Å²) in [6, 6.07) is 5.25. The minimum Gasteiger partial charge on any atom is -0.351 e. The van der Waals surface area contributed by atoms with Crippen LogP contribution in [-0.4, -0.2) is 16.0 Å². The first-order valence-electron chi connectivity index (χ1n) is 8.58. The van der Waals surface area contributed by atoms with E-state index in [1.807, 2.05) is 0 Å². The van der Waals surface area contributed by atoms with E-state index in [2.05, 4.69) is 20.6 Å². The number of hydrogen-bond donors (Lipinski definition) is 2. The van der Waals surface area contributed by atoms with Gasteiger partial charge in [0.1, 0.15) is 11.6 Å². The molecule has 0 unspecified atom stereocenters. The van der Waals surface area contributed by atoms with E-state index < -0.39 is 17.7 Å². The molecule has 1 aliphatic carbocycles. The smallest absolute Gasteiger partial charge is 0.351 e. The van der Waals surface area contributed by atoms with Gasteiger partial charge in [0.2, 0.25) is 5.95 Å². The number of nitrogens with zero attached hydrogens (tertiary/aromatic N) is 2. The molecule has 1 fully saturated rings. The van der Waals surface area contributed by atoms with Crippen molar-refractivity contribution in [2.75, 3.05) is 10.6 Å². The molecule has 0 bridgehead atoms. The highest BCUT2D eigenvalue weighted by Crippen LogP contribution is 2.31. The van der Waals surface area contributed by atoms with Crippen molar-refractivity contribution in [3.05, 3.63) is 41.3 Å². The normalized spacial score (nSPS) is 15.7. The SMILES string of the molecule is Cc1c(F)cccc1Nc1cc(C(F)(F)F)nc(NC2CCCCC2)n1. The van der Waals surface area contributed by atoms with E-state index in [-0.39, 0.29) is 17.8 Å². The molecule has 8 heteroatoms. The molecular weight excluding hydrogens is 348 g/mol. The van der Waals surface area contributed by atoms with Crippen molar-refractivity contribution in [2.45, 2.75) is 51.2 Å². The Balaban J connectivity index is 1.90. The molecule has 0 radical (unpaired) electrons. The molecule has 1 aromatic heterocycles. The van der Waals surface area contributed by atoms with Crippen LogP contribution in [0.25, 0.3) is 0 Å². The second-order valence-electron chi connectivity index (χ2n) is 6.48. The molecule has 2 aromatic rings. The number of nitrogens with one attached hydrogen (secondary N) is 2. The molecule has 0 atom stereocenters. The molecule has 1 aromatic carbocycles. The van der Waals surface area contributed by atoms with Gasteiger partial charge in [0.15, 0.2) is 5.69 Å². The topological polar surface area (TPSA) is 49.8 Å². The molecule has 1 saturated carbocycles. The van der Waals surface area contributed by atoms with Gasteiger partial charge in [-0.05, 0) is 31.9 Å². The predicted octanol–water partition coefficient (Wildman–Crippen LogP) is 5.43. The Hall–Kier alpha value is -2.38. The number of hydrogen-bond acceptors (Lipinski definition) is 4. The van der Waals surface area contributed by atoms with Gasteiger partial charge in [-0.25, -0.2) is 9.37 Å². The van der Waals surface area contributed by atoms with Crippen LogP contribution in [-0.2, 0) is 6.18 Å². The fraction of sp³-hybridized carbons (Fsp3) is 0.444. The van der Waals surface area contributed by atoms with Crippen LogP contribution in [0.5, 0.6) is 0 Å². The van der Waals surface area contributed by atoms with Crippen molar-refractivity contribution in [3.8, 4) is 0 Å². The lowest BCUT2D eigenvalue weighted by molar-refractivity contribution is -0.141. The fourth-order valence-electron chi connectivity index (χ4n) is 3.03. The minimum absolute atomic E-state index is 0.0284. The third kappa shape index (κ3) is 4.42. The number of anilines is 3. The van der Waals surface area contributed by atoms with Crippen LogP contribution in [0.15, 0.2) is 24.3 Å². The number of halogens is 4. The van der Waals surface area contributed by atoms with Gasteiger partial charge in [-0.3, -0.25) is 0 Å². The molecule has 1 aliphatic rings. The predicted molar refractivity (Wildman–Crippen MR) is 91.9 cm³/mol. The maximum Gasteiger partial charge on any atom is 0.433 e. The molecule has 4 nitrogen and oxygen atoms in total. The van der Waals surface area contributed by atoms with Crippen LogP contribution in [0.2, 0.25) is 0 Å². The summed E-state index contributed by atoms with van der Waals surface area (Å²) in [5.41, 5.74) is -0.371.